The van der Waals surface area contributed by atoms with Gasteiger partial charge in [-0.15, -0.1) is 0 Å². The fourth-order valence-corrected chi connectivity index (χ4v) is 6.91. The summed E-state index contributed by atoms with van der Waals surface area (Å²) >= 11 is 0. The molecule has 152 valence electrons. The molecule has 4 aliphatic rings. The highest BCUT2D eigenvalue weighted by Gasteiger charge is 2.80. The van der Waals surface area contributed by atoms with Crippen LogP contribution in [0.3, 0.4) is 0 Å². The molecule has 0 spiro atoms. The van der Waals surface area contributed by atoms with Gasteiger partial charge in [-0.2, -0.15) is 0 Å². The SMILES string of the molecule is CC1=C(O)[C@]2(O)[C@@H](C1=O)[C@@H]1[C@@H](C(O)[C@@](C)(O)C2(O)O)[C@H]2[C@@H](C[C@H]1C)C2(C)C. The van der Waals surface area contributed by atoms with Crippen LogP contribution in [0, 0.1) is 40.9 Å². The van der Waals surface area contributed by atoms with Crippen LogP contribution >= 0.6 is 0 Å². The zero-order valence-corrected chi connectivity index (χ0v) is 16.3. The second kappa shape index (κ2) is 4.94. The van der Waals surface area contributed by atoms with Crippen molar-refractivity contribution in [1.82, 2.24) is 0 Å². The molecule has 0 aliphatic heterocycles. The highest BCUT2D eigenvalue weighted by Crippen LogP contribution is 2.73. The molecule has 9 atom stereocenters. The number of ketones is 1. The number of fused-ring (bicyclic) bond motifs is 5. The molecule has 1 unspecified atom stereocenters. The summed E-state index contributed by atoms with van der Waals surface area (Å²) in [6, 6.07) is 0. The number of hydrogen-bond donors (Lipinski definition) is 6. The Kier molecular flexibility index (Phi) is 3.54. The Hall–Kier alpha value is -0.990. The van der Waals surface area contributed by atoms with Crippen molar-refractivity contribution in [3.8, 4) is 0 Å². The van der Waals surface area contributed by atoms with Crippen molar-refractivity contribution < 1.29 is 35.4 Å². The lowest BCUT2D eigenvalue weighted by molar-refractivity contribution is -0.360. The van der Waals surface area contributed by atoms with Gasteiger partial charge < -0.3 is 30.6 Å². The first-order valence-electron chi connectivity index (χ1n) is 9.67. The predicted octanol–water partition coefficient (Wildman–Crippen LogP) is 0.0992. The zero-order chi connectivity index (χ0) is 20.5. The third-order valence-electron chi connectivity index (χ3n) is 8.66. The Bertz CT molecular complexity index is 751. The van der Waals surface area contributed by atoms with Crippen LogP contribution < -0.4 is 0 Å². The molecule has 0 bridgehead atoms. The lowest BCUT2D eigenvalue weighted by Gasteiger charge is -2.47. The van der Waals surface area contributed by atoms with Crippen LogP contribution in [0.15, 0.2) is 11.3 Å². The van der Waals surface area contributed by atoms with E-state index in [1.54, 1.807) is 0 Å². The Morgan fingerprint density at radius 2 is 1.59 bits per heavy atom. The number of Topliss-reactive ketones (excluding diaryl/α,β-unsaturated/α-hetero) is 1. The molecule has 4 rings (SSSR count). The van der Waals surface area contributed by atoms with Crippen LogP contribution in [0.4, 0.5) is 0 Å². The molecule has 0 heterocycles. The smallest absolute Gasteiger partial charge is 0.232 e. The Labute approximate surface area is 158 Å². The number of rotatable bonds is 0. The monoisotopic (exact) mass is 382 g/mol. The van der Waals surface area contributed by atoms with Gasteiger partial charge >= 0.3 is 0 Å². The van der Waals surface area contributed by atoms with Crippen molar-refractivity contribution in [2.24, 2.45) is 40.9 Å². The summed E-state index contributed by atoms with van der Waals surface area (Å²) in [7, 11) is 0. The summed E-state index contributed by atoms with van der Waals surface area (Å²) < 4.78 is 0. The van der Waals surface area contributed by atoms with E-state index in [9.17, 15) is 35.4 Å². The summed E-state index contributed by atoms with van der Waals surface area (Å²) in [6.07, 6.45) is -0.804. The Balaban J connectivity index is 1.99. The van der Waals surface area contributed by atoms with E-state index in [2.05, 4.69) is 13.8 Å². The van der Waals surface area contributed by atoms with Gasteiger partial charge in [-0.05, 0) is 55.3 Å². The number of carbonyl (C=O) groups is 1. The van der Waals surface area contributed by atoms with E-state index in [1.165, 1.54) is 6.92 Å². The van der Waals surface area contributed by atoms with Gasteiger partial charge in [-0.1, -0.05) is 20.8 Å². The van der Waals surface area contributed by atoms with E-state index >= 15 is 0 Å². The van der Waals surface area contributed by atoms with Crippen LogP contribution in [0.5, 0.6) is 0 Å². The standard InChI is InChI=1S/C20H30O7/c1-7-6-9-12(17(9,3)4)11-10(7)13-14(21)8(2)15(22)19(13,25)20(26,27)18(5,24)16(11)23/h7,9-13,16,22-27H,6H2,1-5H3/t7-,9-,10+,11-,12-,13-,16?,18-,19-/m1/s1. The lowest BCUT2D eigenvalue weighted by atomic mass is 9.62. The average Bonchev–Trinajstić information content (AvgIpc) is 3.06. The summed E-state index contributed by atoms with van der Waals surface area (Å²) in [4.78, 5) is 13.0. The third kappa shape index (κ3) is 1.83. The van der Waals surface area contributed by atoms with Gasteiger partial charge in [-0.3, -0.25) is 4.79 Å². The maximum atomic E-state index is 13.0. The minimum absolute atomic E-state index is 0.0193. The second-order valence-corrected chi connectivity index (χ2v) is 10.2. The van der Waals surface area contributed by atoms with Gasteiger partial charge in [0, 0.05) is 5.57 Å². The molecule has 4 aliphatic carbocycles. The maximum absolute atomic E-state index is 13.0. The molecule has 6 N–H and O–H groups in total. The van der Waals surface area contributed by atoms with Crippen LogP contribution in [-0.2, 0) is 4.79 Å². The zero-order valence-electron chi connectivity index (χ0n) is 16.3. The normalized spacial score (nSPS) is 55.5. The molecule has 0 amide bonds. The van der Waals surface area contributed by atoms with E-state index in [4.69, 9.17) is 0 Å². The van der Waals surface area contributed by atoms with E-state index in [0.29, 0.717) is 0 Å². The number of hydrogen-bond acceptors (Lipinski definition) is 7. The highest BCUT2D eigenvalue weighted by molar-refractivity contribution is 6.02. The van der Waals surface area contributed by atoms with Crippen LogP contribution in [0.1, 0.15) is 41.0 Å². The fourth-order valence-electron chi connectivity index (χ4n) is 6.91. The maximum Gasteiger partial charge on any atom is 0.232 e. The van der Waals surface area contributed by atoms with E-state index in [-0.39, 0.29) is 28.7 Å². The molecule has 0 aromatic carbocycles. The van der Waals surface area contributed by atoms with Crippen LogP contribution in [0.2, 0.25) is 0 Å². The average molecular weight is 382 g/mol. The number of carbonyl (C=O) groups excluding carboxylic acids is 1. The van der Waals surface area contributed by atoms with Gasteiger partial charge in [-0.25, -0.2) is 0 Å². The first-order chi connectivity index (χ1) is 12.1. The molecule has 0 radical (unpaired) electrons. The number of allylic oxidation sites excluding steroid dienone is 1. The van der Waals surface area contributed by atoms with Gasteiger partial charge in [0.25, 0.3) is 0 Å². The van der Waals surface area contributed by atoms with Gasteiger partial charge in [0.15, 0.2) is 11.4 Å². The van der Waals surface area contributed by atoms with Crippen molar-refractivity contribution in [3.05, 3.63) is 11.3 Å². The summed E-state index contributed by atoms with van der Waals surface area (Å²) in [5.74, 6) is -7.11. The minimum atomic E-state index is -3.31. The lowest BCUT2D eigenvalue weighted by Crippen LogP contribution is -2.71. The fraction of sp³-hybridized carbons (Fsp3) is 0.850. The van der Waals surface area contributed by atoms with E-state index in [0.717, 1.165) is 13.3 Å². The summed E-state index contributed by atoms with van der Waals surface area (Å²) in [5.41, 5.74) is -5.59. The molecule has 0 aromatic rings. The molecular weight excluding hydrogens is 352 g/mol. The van der Waals surface area contributed by atoms with E-state index in [1.807, 2.05) is 6.92 Å². The molecule has 3 fully saturated rings. The topological polar surface area (TPSA) is 138 Å². The van der Waals surface area contributed by atoms with E-state index < -0.39 is 52.4 Å². The molecule has 3 saturated carbocycles. The molecule has 7 heteroatoms. The first-order valence-corrected chi connectivity index (χ1v) is 9.67. The number of aliphatic hydroxyl groups excluding tert-OH is 2. The van der Waals surface area contributed by atoms with Gasteiger partial charge in [0.05, 0.1) is 12.0 Å². The Morgan fingerprint density at radius 1 is 1.04 bits per heavy atom. The molecule has 0 aromatic heterocycles. The van der Waals surface area contributed by atoms with Crippen molar-refractivity contribution in [2.45, 2.75) is 64.1 Å². The minimum Gasteiger partial charge on any atom is -0.509 e. The molecule has 0 saturated heterocycles. The summed E-state index contributed by atoms with van der Waals surface area (Å²) in [6.45, 7) is 8.43. The van der Waals surface area contributed by atoms with Gasteiger partial charge in [0.1, 0.15) is 11.4 Å². The van der Waals surface area contributed by atoms with Crippen molar-refractivity contribution in [2.75, 3.05) is 0 Å². The van der Waals surface area contributed by atoms with Crippen molar-refractivity contribution >= 4 is 5.78 Å². The number of aliphatic hydroxyl groups is 6. The second-order valence-electron chi connectivity index (χ2n) is 10.2. The predicted molar refractivity (Wildman–Crippen MR) is 94.1 cm³/mol. The quantitative estimate of drug-likeness (QED) is 0.327. The molecule has 7 nitrogen and oxygen atoms in total. The Morgan fingerprint density at radius 3 is 2.15 bits per heavy atom. The molecule has 27 heavy (non-hydrogen) atoms. The molecular formula is C20H30O7. The van der Waals surface area contributed by atoms with Crippen LogP contribution in [0.25, 0.3) is 0 Å². The third-order valence-corrected chi connectivity index (χ3v) is 8.66. The van der Waals surface area contributed by atoms with Crippen molar-refractivity contribution in [3.63, 3.8) is 0 Å². The highest BCUT2D eigenvalue weighted by atomic mass is 16.6. The largest absolute Gasteiger partial charge is 0.509 e. The first kappa shape index (κ1) is 19.3. The summed E-state index contributed by atoms with van der Waals surface area (Å²) in [5, 5.41) is 65.9. The van der Waals surface area contributed by atoms with Gasteiger partial charge in [0.2, 0.25) is 5.79 Å². The van der Waals surface area contributed by atoms with Crippen molar-refractivity contribution in [1.29, 1.82) is 0 Å². The van der Waals surface area contributed by atoms with Crippen LogP contribution in [-0.4, -0.2) is 59.5 Å².